The van der Waals surface area contributed by atoms with Crippen LogP contribution in [0.3, 0.4) is 0 Å². The summed E-state index contributed by atoms with van der Waals surface area (Å²) in [6.07, 6.45) is 2.15. The van der Waals surface area contributed by atoms with E-state index in [1.165, 1.54) is 30.4 Å². The van der Waals surface area contributed by atoms with Gasteiger partial charge in [-0.15, -0.1) is 11.3 Å². The lowest BCUT2D eigenvalue weighted by atomic mass is 10.0. The summed E-state index contributed by atoms with van der Waals surface area (Å²) in [5.41, 5.74) is -0.0467. The maximum absolute atomic E-state index is 13.0. The Labute approximate surface area is 165 Å². The van der Waals surface area contributed by atoms with Crippen LogP contribution in [0.25, 0.3) is 0 Å². The van der Waals surface area contributed by atoms with Crippen LogP contribution in [0.2, 0.25) is 0 Å². The number of hydrogen-bond acceptors (Lipinski definition) is 6. The molecule has 9 heteroatoms. The van der Waals surface area contributed by atoms with E-state index in [2.05, 4.69) is 20.6 Å². The Morgan fingerprint density at radius 1 is 1.29 bits per heavy atom. The van der Waals surface area contributed by atoms with Crippen LogP contribution < -0.4 is 10.6 Å². The number of carbonyl (C=O) groups is 3. The van der Waals surface area contributed by atoms with E-state index in [1.807, 2.05) is 0 Å². The summed E-state index contributed by atoms with van der Waals surface area (Å²) >= 11 is 1.27. The smallest absolute Gasteiger partial charge is 0.295 e. The third-order valence-corrected chi connectivity index (χ3v) is 5.19. The molecule has 0 saturated carbocycles. The van der Waals surface area contributed by atoms with Crippen LogP contribution in [0.5, 0.6) is 0 Å². The number of aromatic nitrogens is 1. The third kappa shape index (κ3) is 4.30. The first kappa shape index (κ1) is 19.8. The molecular weight excluding hydrogens is 383 g/mol. The Balaban J connectivity index is 1.86. The highest BCUT2D eigenvalue weighted by atomic mass is 32.1. The molecule has 0 aliphatic carbocycles. The number of hydrogen-bond donors (Lipinski definition) is 2. The standard InChI is InChI=1S/C19H19FN4O3S/c1-10(25)24-19(2,3)18-22-14(15(26)16(27)23-18)17-21-9-13(28-17)8-11-4-6-12(20)7-5-11/h4-7,9,14H,8H2,1-3H3,(H,24,25)(H,22,23,27). The highest BCUT2D eigenvalue weighted by Gasteiger charge is 2.39. The second-order valence-electron chi connectivity index (χ2n) is 6.97. The lowest BCUT2D eigenvalue weighted by molar-refractivity contribution is -0.138. The Bertz CT molecular complexity index is 966. The van der Waals surface area contributed by atoms with Crippen LogP contribution in [0.4, 0.5) is 4.39 Å². The van der Waals surface area contributed by atoms with Crippen LogP contribution in [0.15, 0.2) is 35.5 Å². The predicted octanol–water partition coefficient (Wildman–Crippen LogP) is 1.93. The van der Waals surface area contributed by atoms with E-state index in [0.717, 1.165) is 10.4 Å². The molecule has 2 aromatic rings. The van der Waals surface area contributed by atoms with Gasteiger partial charge in [-0.3, -0.25) is 19.4 Å². The van der Waals surface area contributed by atoms with Crippen LogP contribution >= 0.6 is 11.3 Å². The van der Waals surface area contributed by atoms with Crippen molar-refractivity contribution in [2.24, 2.45) is 4.99 Å². The number of halogens is 1. The lowest BCUT2D eigenvalue weighted by Crippen LogP contribution is -2.58. The molecule has 28 heavy (non-hydrogen) atoms. The van der Waals surface area contributed by atoms with Crippen molar-refractivity contribution in [3.63, 3.8) is 0 Å². The molecule has 1 aromatic heterocycles. The maximum atomic E-state index is 13.0. The maximum Gasteiger partial charge on any atom is 0.295 e. The Kier molecular flexibility index (Phi) is 5.37. The second-order valence-corrected chi connectivity index (χ2v) is 8.12. The minimum Gasteiger partial charge on any atom is -0.344 e. The summed E-state index contributed by atoms with van der Waals surface area (Å²) in [6.45, 7) is 4.72. The van der Waals surface area contributed by atoms with Gasteiger partial charge >= 0.3 is 0 Å². The molecule has 2 N–H and O–H groups in total. The van der Waals surface area contributed by atoms with Gasteiger partial charge in [-0.2, -0.15) is 0 Å². The average molecular weight is 402 g/mol. The van der Waals surface area contributed by atoms with Crippen molar-refractivity contribution in [2.75, 3.05) is 0 Å². The lowest BCUT2D eigenvalue weighted by Gasteiger charge is -2.31. The largest absolute Gasteiger partial charge is 0.344 e. The highest BCUT2D eigenvalue weighted by Crippen LogP contribution is 2.28. The molecule has 7 nitrogen and oxygen atoms in total. The highest BCUT2D eigenvalue weighted by molar-refractivity contribution is 7.11. The van der Waals surface area contributed by atoms with E-state index in [-0.39, 0.29) is 17.6 Å². The number of nitrogens with one attached hydrogen (secondary N) is 2. The number of amides is 2. The van der Waals surface area contributed by atoms with E-state index in [9.17, 15) is 18.8 Å². The van der Waals surface area contributed by atoms with Crippen molar-refractivity contribution >= 4 is 34.8 Å². The summed E-state index contributed by atoms with van der Waals surface area (Å²) in [5, 5.41) is 5.54. The quantitative estimate of drug-likeness (QED) is 0.746. The van der Waals surface area contributed by atoms with Crippen molar-refractivity contribution < 1.29 is 18.8 Å². The van der Waals surface area contributed by atoms with E-state index >= 15 is 0 Å². The zero-order chi connectivity index (χ0) is 20.5. The Morgan fingerprint density at radius 3 is 2.61 bits per heavy atom. The Hall–Kier alpha value is -2.94. The molecule has 3 rings (SSSR count). The fraction of sp³-hybridized carbons (Fsp3) is 0.316. The topological polar surface area (TPSA) is 101 Å². The SMILES string of the molecule is CC(=O)NC(C)(C)C1=NC(c2ncc(Cc3ccc(F)cc3)s2)C(=O)C(=O)N1. The number of benzene rings is 1. The molecule has 0 saturated heterocycles. The summed E-state index contributed by atoms with van der Waals surface area (Å²) in [5.74, 6) is -1.89. The molecule has 1 atom stereocenters. The zero-order valence-corrected chi connectivity index (χ0v) is 16.4. The van der Waals surface area contributed by atoms with Crippen LogP contribution in [-0.4, -0.2) is 34.0 Å². The van der Waals surface area contributed by atoms with Crippen LogP contribution in [0.1, 0.15) is 42.3 Å². The molecule has 0 spiro atoms. The number of carbonyl (C=O) groups excluding carboxylic acids is 3. The number of aliphatic imine (C=N–C) groups is 1. The van der Waals surface area contributed by atoms with Gasteiger partial charge in [0.05, 0.1) is 5.54 Å². The number of amidine groups is 1. The first-order valence-corrected chi connectivity index (χ1v) is 9.38. The molecule has 2 amide bonds. The molecule has 1 aliphatic heterocycles. The molecule has 1 unspecified atom stereocenters. The van der Waals surface area contributed by atoms with Gasteiger partial charge in [0.1, 0.15) is 16.7 Å². The van der Waals surface area contributed by atoms with Gasteiger partial charge < -0.3 is 10.6 Å². The van der Waals surface area contributed by atoms with Crippen LogP contribution in [-0.2, 0) is 20.8 Å². The number of thiazole rings is 1. The molecule has 0 radical (unpaired) electrons. The minimum atomic E-state index is -1.05. The predicted molar refractivity (Wildman–Crippen MR) is 103 cm³/mol. The van der Waals surface area contributed by atoms with Crippen molar-refractivity contribution in [1.82, 2.24) is 15.6 Å². The number of nitrogens with zero attached hydrogens (tertiary/aromatic N) is 2. The van der Waals surface area contributed by atoms with E-state index in [1.54, 1.807) is 32.2 Å². The average Bonchev–Trinajstić information content (AvgIpc) is 3.06. The van der Waals surface area contributed by atoms with Gasteiger partial charge in [0.25, 0.3) is 11.7 Å². The molecule has 146 valence electrons. The second kappa shape index (κ2) is 7.59. The van der Waals surface area contributed by atoms with Gasteiger partial charge in [0.2, 0.25) is 5.91 Å². The normalized spacial score (nSPS) is 17.1. The molecule has 1 aromatic carbocycles. The van der Waals surface area contributed by atoms with Crippen LogP contribution in [0, 0.1) is 5.82 Å². The molecule has 1 aliphatic rings. The van der Waals surface area contributed by atoms with Crippen molar-refractivity contribution in [2.45, 2.75) is 38.8 Å². The van der Waals surface area contributed by atoms with Crippen molar-refractivity contribution in [3.05, 3.63) is 51.7 Å². The molecular formula is C19H19FN4O3S. The van der Waals surface area contributed by atoms with E-state index in [4.69, 9.17) is 0 Å². The fourth-order valence-electron chi connectivity index (χ4n) is 2.83. The summed E-state index contributed by atoms with van der Waals surface area (Å²) < 4.78 is 13.0. The number of Topliss-reactive ketones (excluding diaryl/α,β-unsaturated/α-hetero) is 1. The van der Waals surface area contributed by atoms with Gasteiger partial charge in [-0.05, 0) is 31.5 Å². The van der Waals surface area contributed by atoms with Crippen molar-refractivity contribution in [1.29, 1.82) is 0 Å². The third-order valence-electron chi connectivity index (χ3n) is 4.14. The van der Waals surface area contributed by atoms with E-state index in [0.29, 0.717) is 11.4 Å². The van der Waals surface area contributed by atoms with Gasteiger partial charge in [-0.25, -0.2) is 9.37 Å². The van der Waals surface area contributed by atoms with Gasteiger partial charge in [0.15, 0.2) is 6.04 Å². The number of ketones is 1. The van der Waals surface area contributed by atoms with Gasteiger partial charge in [0, 0.05) is 24.4 Å². The molecule has 0 fully saturated rings. The zero-order valence-electron chi connectivity index (χ0n) is 15.6. The minimum absolute atomic E-state index is 0.201. The fourth-order valence-corrected chi connectivity index (χ4v) is 3.82. The monoisotopic (exact) mass is 402 g/mol. The summed E-state index contributed by atoms with van der Waals surface area (Å²) in [7, 11) is 0. The molecule has 0 bridgehead atoms. The first-order valence-electron chi connectivity index (χ1n) is 8.57. The summed E-state index contributed by atoms with van der Waals surface area (Å²) in [4.78, 5) is 45.4. The van der Waals surface area contributed by atoms with Crippen molar-refractivity contribution in [3.8, 4) is 0 Å². The molecule has 2 heterocycles. The summed E-state index contributed by atoms with van der Waals surface area (Å²) in [6, 6.07) is 5.07. The number of rotatable bonds is 5. The van der Waals surface area contributed by atoms with E-state index < -0.39 is 23.3 Å². The Morgan fingerprint density at radius 2 is 1.96 bits per heavy atom. The first-order chi connectivity index (χ1) is 13.2. The van der Waals surface area contributed by atoms with Gasteiger partial charge in [-0.1, -0.05) is 12.1 Å².